The van der Waals surface area contributed by atoms with Crippen LogP contribution in [-0.2, 0) is 17.1 Å². The summed E-state index contributed by atoms with van der Waals surface area (Å²) >= 11 is 1.66. The number of piperazine rings is 1. The van der Waals surface area contributed by atoms with Gasteiger partial charge in [-0.2, -0.15) is 16.7 Å². The van der Waals surface area contributed by atoms with Crippen LogP contribution in [0.2, 0.25) is 0 Å². The second kappa shape index (κ2) is 7.26. The van der Waals surface area contributed by atoms with E-state index >= 15 is 0 Å². The topological polar surface area (TPSA) is 62.5 Å². The molecule has 0 N–H and O–H groups in total. The lowest BCUT2D eigenvalue weighted by atomic mass is 10.1. The smallest absolute Gasteiger partial charge is 0.240 e. The van der Waals surface area contributed by atoms with E-state index in [1.807, 2.05) is 18.1 Å². The van der Waals surface area contributed by atoms with Gasteiger partial charge in [0.25, 0.3) is 0 Å². The first-order valence-electron chi connectivity index (χ1n) is 7.34. The summed E-state index contributed by atoms with van der Waals surface area (Å²) < 4.78 is 5.25. The van der Waals surface area contributed by atoms with Crippen LogP contribution in [-0.4, -0.2) is 57.8 Å². The van der Waals surface area contributed by atoms with Crippen LogP contribution in [0.5, 0.6) is 0 Å². The molecule has 6 nitrogen and oxygen atoms in total. The SMILES string of the molecule is CSCc1noc(CN2CCN(CC(C)C)C(=O)C2C)n1. The molecule has 118 valence electrons. The number of aromatic nitrogens is 2. The largest absolute Gasteiger partial charge is 0.340 e. The zero-order valence-corrected chi connectivity index (χ0v) is 14.0. The van der Waals surface area contributed by atoms with Gasteiger partial charge < -0.3 is 9.42 Å². The van der Waals surface area contributed by atoms with Crippen molar-refractivity contribution in [3.05, 3.63) is 11.7 Å². The van der Waals surface area contributed by atoms with E-state index in [0.29, 0.717) is 18.4 Å². The maximum Gasteiger partial charge on any atom is 0.240 e. The first-order chi connectivity index (χ1) is 10.0. The Morgan fingerprint density at radius 2 is 2.19 bits per heavy atom. The Bertz CT molecular complexity index is 477. The number of hydrogen-bond donors (Lipinski definition) is 0. The molecule has 1 aliphatic rings. The number of hydrogen-bond acceptors (Lipinski definition) is 6. The summed E-state index contributed by atoms with van der Waals surface area (Å²) in [6.45, 7) is 9.21. The van der Waals surface area contributed by atoms with Gasteiger partial charge in [-0.1, -0.05) is 19.0 Å². The third kappa shape index (κ3) is 4.20. The minimum absolute atomic E-state index is 0.131. The summed E-state index contributed by atoms with van der Waals surface area (Å²) in [5, 5.41) is 3.94. The molecule has 0 aliphatic carbocycles. The minimum atomic E-state index is -0.131. The highest BCUT2D eigenvalue weighted by molar-refractivity contribution is 7.97. The first kappa shape index (κ1) is 16.3. The lowest BCUT2D eigenvalue weighted by Gasteiger charge is -2.39. The average Bonchev–Trinajstić information content (AvgIpc) is 2.86. The van der Waals surface area contributed by atoms with Crippen LogP contribution in [0.25, 0.3) is 0 Å². The number of carbonyl (C=O) groups is 1. The van der Waals surface area contributed by atoms with Crippen LogP contribution in [0.4, 0.5) is 0 Å². The van der Waals surface area contributed by atoms with E-state index < -0.39 is 0 Å². The van der Waals surface area contributed by atoms with Gasteiger partial charge in [0.2, 0.25) is 11.8 Å². The molecule has 0 spiro atoms. The van der Waals surface area contributed by atoms with Crippen molar-refractivity contribution in [2.45, 2.75) is 39.1 Å². The van der Waals surface area contributed by atoms with Crippen LogP contribution in [0, 0.1) is 5.92 Å². The molecule has 1 saturated heterocycles. The number of amides is 1. The highest BCUT2D eigenvalue weighted by Gasteiger charge is 2.32. The van der Waals surface area contributed by atoms with Crippen LogP contribution in [0.15, 0.2) is 4.52 Å². The fourth-order valence-corrected chi connectivity index (χ4v) is 2.90. The first-order valence-corrected chi connectivity index (χ1v) is 8.74. The van der Waals surface area contributed by atoms with Crippen molar-refractivity contribution in [1.29, 1.82) is 0 Å². The van der Waals surface area contributed by atoms with Gasteiger partial charge in [-0.3, -0.25) is 9.69 Å². The Labute approximate surface area is 130 Å². The lowest BCUT2D eigenvalue weighted by molar-refractivity contribution is -0.142. The van der Waals surface area contributed by atoms with Crippen molar-refractivity contribution in [2.24, 2.45) is 5.92 Å². The summed E-state index contributed by atoms with van der Waals surface area (Å²) in [5.74, 6) is 2.75. The van der Waals surface area contributed by atoms with Gasteiger partial charge in [0.15, 0.2) is 5.82 Å². The van der Waals surface area contributed by atoms with Gasteiger partial charge in [-0.25, -0.2) is 0 Å². The molecule has 7 heteroatoms. The molecule has 0 aromatic carbocycles. The summed E-state index contributed by atoms with van der Waals surface area (Å²) in [7, 11) is 0. The fourth-order valence-electron chi connectivity index (χ4n) is 2.53. The Morgan fingerprint density at radius 1 is 1.43 bits per heavy atom. The molecule has 21 heavy (non-hydrogen) atoms. The predicted molar refractivity (Wildman–Crippen MR) is 82.8 cm³/mol. The predicted octanol–water partition coefficient (Wildman–Crippen LogP) is 1.62. The van der Waals surface area contributed by atoms with Gasteiger partial charge in [0.05, 0.1) is 18.3 Å². The standard InChI is InChI=1S/C14H24N4O2S/c1-10(2)7-18-6-5-17(11(3)14(18)19)8-13-15-12(9-21-4)16-20-13/h10-11H,5-9H2,1-4H3. The van der Waals surface area contributed by atoms with E-state index in [4.69, 9.17) is 4.52 Å². The molecule has 1 atom stereocenters. The molecule has 0 bridgehead atoms. The van der Waals surface area contributed by atoms with E-state index in [-0.39, 0.29) is 11.9 Å². The molecule has 2 rings (SSSR count). The molecule has 1 aromatic rings. The molecular formula is C14H24N4O2S. The highest BCUT2D eigenvalue weighted by Crippen LogP contribution is 2.16. The third-order valence-corrected chi connectivity index (χ3v) is 4.13. The summed E-state index contributed by atoms with van der Waals surface area (Å²) in [6, 6.07) is -0.131. The highest BCUT2D eigenvalue weighted by atomic mass is 32.2. The van der Waals surface area contributed by atoms with Crippen molar-refractivity contribution < 1.29 is 9.32 Å². The van der Waals surface area contributed by atoms with Crippen molar-refractivity contribution in [3.63, 3.8) is 0 Å². The van der Waals surface area contributed by atoms with E-state index in [0.717, 1.165) is 31.2 Å². The fraction of sp³-hybridized carbons (Fsp3) is 0.786. The van der Waals surface area contributed by atoms with E-state index in [1.54, 1.807) is 11.8 Å². The Kier molecular flexibility index (Phi) is 5.64. The van der Waals surface area contributed by atoms with Crippen LogP contribution >= 0.6 is 11.8 Å². The summed E-state index contributed by atoms with van der Waals surface area (Å²) in [4.78, 5) is 20.8. The lowest BCUT2D eigenvalue weighted by Crippen LogP contribution is -2.56. The summed E-state index contributed by atoms with van der Waals surface area (Å²) in [6.07, 6.45) is 2.00. The number of thioether (sulfide) groups is 1. The maximum absolute atomic E-state index is 12.4. The van der Waals surface area contributed by atoms with Crippen molar-refractivity contribution >= 4 is 17.7 Å². The normalized spacial score (nSPS) is 20.5. The third-order valence-electron chi connectivity index (χ3n) is 3.58. The van der Waals surface area contributed by atoms with Gasteiger partial charge >= 0.3 is 0 Å². The maximum atomic E-state index is 12.4. The number of rotatable bonds is 6. The van der Waals surface area contributed by atoms with E-state index in [2.05, 4.69) is 28.9 Å². The molecule has 1 aliphatic heterocycles. The molecule has 2 heterocycles. The van der Waals surface area contributed by atoms with Crippen LogP contribution in [0.1, 0.15) is 32.5 Å². The monoisotopic (exact) mass is 312 g/mol. The zero-order chi connectivity index (χ0) is 15.4. The average molecular weight is 312 g/mol. The van der Waals surface area contributed by atoms with Crippen molar-refractivity contribution in [3.8, 4) is 0 Å². The molecule has 0 radical (unpaired) electrons. The van der Waals surface area contributed by atoms with Gasteiger partial charge in [0.1, 0.15) is 0 Å². The molecule has 1 fully saturated rings. The number of carbonyl (C=O) groups excluding carboxylic acids is 1. The molecular weight excluding hydrogens is 288 g/mol. The minimum Gasteiger partial charge on any atom is -0.340 e. The van der Waals surface area contributed by atoms with Crippen molar-refractivity contribution in [1.82, 2.24) is 19.9 Å². The van der Waals surface area contributed by atoms with Crippen molar-refractivity contribution in [2.75, 3.05) is 25.9 Å². The second-order valence-electron chi connectivity index (χ2n) is 5.86. The molecule has 1 unspecified atom stereocenters. The molecule has 1 aromatic heterocycles. The molecule has 1 amide bonds. The summed E-state index contributed by atoms with van der Waals surface area (Å²) in [5.41, 5.74) is 0. The van der Waals surface area contributed by atoms with Gasteiger partial charge in [-0.15, -0.1) is 0 Å². The second-order valence-corrected chi connectivity index (χ2v) is 6.73. The molecule has 0 saturated carbocycles. The quantitative estimate of drug-likeness (QED) is 0.795. The Hall–Kier alpha value is -1.08. The van der Waals surface area contributed by atoms with Gasteiger partial charge in [0, 0.05) is 19.6 Å². The zero-order valence-electron chi connectivity index (χ0n) is 13.2. The number of nitrogens with zero attached hydrogens (tertiary/aromatic N) is 4. The van der Waals surface area contributed by atoms with Crippen LogP contribution in [0.3, 0.4) is 0 Å². The van der Waals surface area contributed by atoms with Gasteiger partial charge in [-0.05, 0) is 19.1 Å². The Balaban J connectivity index is 1.94. The van der Waals surface area contributed by atoms with Crippen LogP contribution < -0.4 is 0 Å². The Morgan fingerprint density at radius 3 is 2.86 bits per heavy atom. The van der Waals surface area contributed by atoms with E-state index in [9.17, 15) is 4.79 Å². The van der Waals surface area contributed by atoms with E-state index in [1.165, 1.54) is 0 Å².